The van der Waals surface area contributed by atoms with Crippen molar-refractivity contribution in [2.24, 2.45) is 35.5 Å². The standard InChI is InChI=1S/C34H42O2.C34H38.C32H34O4.C16H8Br2.6CH4/c1-33(2,35)29-11-7-5-9-25(29)23-17-13-21-16-20-28-24(26-10-6-8-12-30(26)34(3,4)36)18-14-22-15-19-27(23)31(21)32(22)28;1-33(2)25-11-7-5-9-21(25)31-23-15-14-20-18-28-32(22-10-6-8-12-26(22)34(28,3)4)24-16-13-19(17-27(31)33)29(23)30(20)24;1-35-32(34)29-9-5-4-8-24(29)26-15-11-21-12-16-27-25(23-7-3-2-6-22(23)18-36-19-33)14-10-20-13-17-28(26)31(21)30(20)27;17-13-8-4-10-2-6-12-14(18)7-3-9-1-5-11(13)16(10)15(9)12;;;;;;/h13-20,25-26,29-30,35-36H,5-12H2,1-4H3;13-18,21-22,25-26H,5-12H2,1-4H3;10-17,19,22-24,29H,2-9,18H2,1H3;1-8H;6*1H4. The van der Waals surface area contributed by atoms with Crippen LogP contribution in [-0.2, 0) is 29.9 Å². The van der Waals surface area contributed by atoms with E-state index in [1.807, 2.05) is 27.7 Å². The molecule has 2 N–H and O–H groups in total. The highest BCUT2D eigenvalue weighted by Gasteiger charge is 2.51. The summed E-state index contributed by atoms with van der Waals surface area (Å²) in [6.07, 6.45) is 29.4. The van der Waals surface area contributed by atoms with Gasteiger partial charge >= 0.3 is 5.97 Å². The van der Waals surface area contributed by atoms with Crippen LogP contribution in [0, 0.1) is 35.5 Å². The third-order valence-corrected chi connectivity index (χ3v) is 35.4. The van der Waals surface area contributed by atoms with Crippen molar-refractivity contribution in [3.8, 4) is 0 Å². The van der Waals surface area contributed by atoms with Crippen LogP contribution in [0.15, 0.2) is 191 Å². The van der Waals surface area contributed by atoms with Gasteiger partial charge in [-0.1, -0.05) is 351 Å². The summed E-state index contributed by atoms with van der Waals surface area (Å²) < 4.78 is 12.8. The van der Waals surface area contributed by atoms with E-state index in [4.69, 9.17) is 9.47 Å². The summed E-state index contributed by atoms with van der Waals surface area (Å²) >= 11 is 7.30. The van der Waals surface area contributed by atoms with E-state index in [0.29, 0.717) is 47.6 Å². The maximum absolute atomic E-state index is 12.7. The molecule has 12 unspecified atom stereocenters. The van der Waals surface area contributed by atoms with E-state index in [9.17, 15) is 19.8 Å². The fourth-order valence-electron chi connectivity index (χ4n) is 28.3. The lowest BCUT2D eigenvalue weighted by molar-refractivity contribution is -0.147. The van der Waals surface area contributed by atoms with Crippen LogP contribution >= 0.6 is 31.9 Å². The Hall–Kier alpha value is -8.50. The normalized spacial score (nSPS) is 23.9. The number of carbonyl (C=O) groups is 2. The third-order valence-electron chi connectivity index (χ3n) is 34.0. The van der Waals surface area contributed by atoms with Crippen molar-refractivity contribution in [2.75, 3.05) is 13.7 Å². The monoisotopic (exact) mass is 1860 g/mol. The molecule has 6 nitrogen and oxygen atoms in total. The molecule has 16 aromatic carbocycles. The summed E-state index contributed by atoms with van der Waals surface area (Å²) in [7, 11) is 1.51. The van der Waals surface area contributed by atoms with Crippen LogP contribution in [0.4, 0.5) is 0 Å². The quantitative estimate of drug-likeness (QED) is 0.0805. The summed E-state index contributed by atoms with van der Waals surface area (Å²) in [5.74, 6) is 5.31. The Balaban J connectivity index is 0.000000134. The molecular formula is C122H146Br2O6. The molecule has 8 aliphatic rings. The molecule has 12 atom stereocenters. The zero-order valence-corrected chi connectivity index (χ0v) is 77.5. The second-order valence-corrected chi connectivity index (χ2v) is 43.6. The van der Waals surface area contributed by atoms with E-state index in [2.05, 4.69) is 242 Å². The van der Waals surface area contributed by atoms with E-state index in [1.165, 1.54) is 227 Å². The fraction of sp³-hybridized carbons (Fsp3) is 0.459. The number of carbonyl (C=O) groups excluding carboxylic acids is 2. The highest BCUT2D eigenvalue weighted by molar-refractivity contribution is 9.11. The smallest absolute Gasteiger partial charge is 0.309 e. The number of aliphatic hydroxyl groups is 2. The van der Waals surface area contributed by atoms with Crippen molar-refractivity contribution in [3.05, 3.63) is 235 Å². The SMILES string of the molecule is Brc1ccc2ccc3c(Br)ccc4ccc1c2c43.C.C.C.C.C.C.CC(C)(O)C1CCCCC1c1ccc2ccc3c(C4CCCCC4C(C)(C)O)ccc4ccc1c2c43.CC1(C)c2cc3ccc4c5c(cc6ccc(c2C2CCCCC21)c3c64)C(C)(C)C1CCCCC51.COC(=O)C1CCCCC1c1ccc2ccc3c(C4CCCCC4COC=O)ccc4ccc1c2c43. The Kier molecular flexibility index (Phi) is 27.6. The average molecular weight is 1870 g/mol. The largest absolute Gasteiger partial charge is 0.469 e. The minimum atomic E-state index is -0.671. The first-order valence-electron chi connectivity index (χ1n) is 47.8. The first-order valence-corrected chi connectivity index (χ1v) is 49.4. The number of fused-ring (bicyclic) bond motifs is 8. The van der Waals surface area contributed by atoms with Crippen LogP contribution in [0.5, 0.6) is 0 Å². The van der Waals surface area contributed by atoms with Crippen LogP contribution in [0.1, 0.15) is 334 Å². The van der Waals surface area contributed by atoms with Crippen LogP contribution in [0.25, 0.3) is 129 Å². The van der Waals surface area contributed by atoms with Crippen molar-refractivity contribution in [2.45, 2.75) is 312 Å². The maximum Gasteiger partial charge on any atom is 0.309 e. The molecule has 16 aromatic rings. The second-order valence-electron chi connectivity index (χ2n) is 41.9. The van der Waals surface area contributed by atoms with E-state index >= 15 is 0 Å². The van der Waals surface area contributed by atoms with Crippen molar-refractivity contribution in [3.63, 3.8) is 0 Å². The number of halogens is 2. The first kappa shape index (κ1) is 96.1. The molecule has 0 amide bonds. The molecule has 0 bridgehead atoms. The Bertz CT molecular complexity index is 6490. The van der Waals surface area contributed by atoms with Crippen molar-refractivity contribution in [1.82, 2.24) is 0 Å². The summed E-state index contributed by atoms with van der Waals surface area (Å²) in [4.78, 5) is 23.6. The van der Waals surface area contributed by atoms with Gasteiger partial charge in [-0.2, -0.15) is 0 Å². The summed E-state index contributed by atoms with van der Waals surface area (Å²) in [6.45, 7) is 19.2. The molecule has 6 saturated carbocycles. The van der Waals surface area contributed by atoms with Crippen LogP contribution in [0.2, 0.25) is 0 Å². The highest BCUT2D eigenvalue weighted by Crippen LogP contribution is 2.63. The Morgan fingerprint density at radius 3 is 1.00 bits per heavy atom. The lowest BCUT2D eigenvalue weighted by Crippen LogP contribution is -2.37. The van der Waals surface area contributed by atoms with Gasteiger partial charge in [-0.25, -0.2) is 0 Å². The molecule has 8 aliphatic carbocycles. The molecule has 0 spiro atoms. The molecule has 24 rings (SSSR count). The average Bonchev–Trinajstić information content (AvgIpc) is 1.51. The lowest BCUT2D eigenvalue weighted by atomic mass is 9.67. The number of esters is 1. The summed E-state index contributed by atoms with van der Waals surface area (Å²) in [6, 6.07) is 69.4. The van der Waals surface area contributed by atoms with Crippen molar-refractivity contribution >= 4 is 174 Å². The number of benzene rings is 16. The van der Waals surface area contributed by atoms with Gasteiger partial charge < -0.3 is 19.7 Å². The molecule has 6 fully saturated rings. The molecule has 130 heavy (non-hydrogen) atoms. The van der Waals surface area contributed by atoms with Crippen molar-refractivity contribution in [1.29, 1.82) is 0 Å². The van der Waals surface area contributed by atoms with Gasteiger partial charge in [-0.05, 0) is 367 Å². The molecule has 0 saturated heterocycles. The van der Waals surface area contributed by atoms with Crippen LogP contribution in [0.3, 0.4) is 0 Å². The maximum atomic E-state index is 12.7. The van der Waals surface area contributed by atoms with Gasteiger partial charge in [0.25, 0.3) is 6.47 Å². The van der Waals surface area contributed by atoms with Gasteiger partial charge in [0.2, 0.25) is 0 Å². The summed E-state index contributed by atoms with van der Waals surface area (Å²) in [5, 5.41) is 55.2. The van der Waals surface area contributed by atoms with Gasteiger partial charge in [0, 0.05) is 8.95 Å². The minimum absolute atomic E-state index is 0. The molecule has 0 aromatic heterocycles. The molecule has 0 aliphatic heterocycles. The Labute approximate surface area is 793 Å². The summed E-state index contributed by atoms with van der Waals surface area (Å²) in [5.41, 5.74) is 11.5. The van der Waals surface area contributed by atoms with Crippen LogP contribution < -0.4 is 0 Å². The number of hydrogen-bond acceptors (Lipinski definition) is 6. The molecular weight excluding hydrogens is 1720 g/mol. The second kappa shape index (κ2) is 37.4. The minimum Gasteiger partial charge on any atom is -0.469 e. The predicted octanol–water partition coefficient (Wildman–Crippen LogP) is 35.8. The first-order chi connectivity index (χ1) is 60.0. The number of hydrogen-bond donors (Lipinski definition) is 2. The van der Waals surface area contributed by atoms with Gasteiger partial charge in [0.1, 0.15) is 0 Å². The van der Waals surface area contributed by atoms with Gasteiger partial charge in [-0.3, -0.25) is 9.59 Å². The number of rotatable bonds is 10. The predicted molar refractivity (Wildman–Crippen MR) is 567 cm³/mol. The molecule has 684 valence electrons. The van der Waals surface area contributed by atoms with Crippen molar-refractivity contribution < 1.29 is 29.3 Å². The van der Waals surface area contributed by atoms with Gasteiger partial charge in [0.15, 0.2) is 0 Å². The third kappa shape index (κ3) is 15.8. The fourth-order valence-corrected chi connectivity index (χ4v) is 29.2. The van der Waals surface area contributed by atoms with Gasteiger partial charge in [0.05, 0.1) is 30.8 Å². The van der Waals surface area contributed by atoms with E-state index in [-0.39, 0.29) is 74.2 Å². The lowest BCUT2D eigenvalue weighted by Gasteiger charge is -2.40. The number of ether oxygens (including phenoxy) is 2. The Morgan fingerprint density at radius 1 is 0.346 bits per heavy atom. The number of methoxy groups -OCH3 is 1. The zero-order valence-electron chi connectivity index (χ0n) is 74.3. The zero-order chi connectivity index (χ0) is 85.1. The topological polar surface area (TPSA) is 93.1 Å². The molecule has 8 heteroatoms. The molecule has 0 radical (unpaired) electrons. The van der Waals surface area contributed by atoms with E-state index in [0.717, 1.165) is 96.8 Å². The van der Waals surface area contributed by atoms with E-state index in [1.54, 1.807) is 43.8 Å². The van der Waals surface area contributed by atoms with E-state index < -0.39 is 11.2 Å². The van der Waals surface area contributed by atoms with Gasteiger partial charge in [-0.15, -0.1) is 0 Å². The highest BCUT2D eigenvalue weighted by atomic mass is 79.9. The Morgan fingerprint density at radius 2 is 0.623 bits per heavy atom. The van der Waals surface area contributed by atoms with Crippen LogP contribution in [-0.4, -0.2) is 47.6 Å². The molecule has 0 heterocycles.